The Balaban J connectivity index is 0.00000312. The number of rotatable bonds is 6. The molecule has 3 N–H and O–H groups in total. The molecule has 0 aliphatic carbocycles. The Kier molecular flexibility index (Phi) is 8.76. The molecule has 0 saturated heterocycles. The minimum Gasteiger partial charge on any atom is -0.502 e. The standard InChI is InChI=1S/C16H22N4O3S.HI/c1-10-7-18-14(24-10)9-20-16(17-2)19-8-11-5-12(22-3)15(21)13(6-11)23-4;/h5-7,21H,8-9H2,1-4H3,(H2,17,19,20);1H. The Morgan fingerprint density at radius 3 is 2.28 bits per heavy atom. The highest BCUT2D eigenvalue weighted by Crippen LogP contribution is 2.36. The quantitative estimate of drug-likeness (QED) is 0.336. The SMILES string of the molecule is CN=C(NCc1cc(OC)c(O)c(OC)c1)NCc1ncc(C)s1.I. The summed E-state index contributed by atoms with van der Waals surface area (Å²) in [5.41, 5.74) is 0.898. The Morgan fingerprint density at radius 2 is 1.80 bits per heavy atom. The van der Waals surface area contributed by atoms with E-state index >= 15 is 0 Å². The van der Waals surface area contributed by atoms with Gasteiger partial charge in [0.25, 0.3) is 0 Å². The fraction of sp³-hybridized carbons (Fsp3) is 0.375. The number of aromatic nitrogens is 1. The fourth-order valence-corrected chi connectivity index (χ4v) is 2.83. The molecule has 25 heavy (non-hydrogen) atoms. The van der Waals surface area contributed by atoms with Gasteiger partial charge in [-0.1, -0.05) is 0 Å². The van der Waals surface area contributed by atoms with Crippen LogP contribution in [-0.4, -0.2) is 37.3 Å². The summed E-state index contributed by atoms with van der Waals surface area (Å²) >= 11 is 1.65. The second kappa shape index (κ2) is 10.3. The van der Waals surface area contributed by atoms with E-state index in [4.69, 9.17) is 9.47 Å². The fourth-order valence-electron chi connectivity index (χ4n) is 2.10. The first-order chi connectivity index (χ1) is 11.6. The molecule has 138 valence electrons. The molecule has 1 aromatic carbocycles. The van der Waals surface area contributed by atoms with Crippen molar-refractivity contribution in [3.05, 3.63) is 33.8 Å². The lowest BCUT2D eigenvalue weighted by molar-refractivity contribution is 0.339. The van der Waals surface area contributed by atoms with E-state index in [1.54, 1.807) is 30.5 Å². The van der Waals surface area contributed by atoms with Gasteiger partial charge >= 0.3 is 0 Å². The first-order valence-corrected chi connectivity index (χ1v) is 8.18. The molecule has 7 nitrogen and oxygen atoms in total. The normalized spacial score (nSPS) is 10.8. The molecule has 9 heteroatoms. The molecular formula is C16H23IN4O3S. The van der Waals surface area contributed by atoms with Crippen molar-refractivity contribution in [2.45, 2.75) is 20.0 Å². The van der Waals surface area contributed by atoms with E-state index in [9.17, 15) is 5.11 Å². The maximum atomic E-state index is 9.94. The summed E-state index contributed by atoms with van der Waals surface area (Å²) in [5.74, 6) is 1.39. The molecule has 1 aromatic heterocycles. The molecule has 0 fully saturated rings. The van der Waals surface area contributed by atoms with Crippen LogP contribution in [0.1, 0.15) is 15.4 Å². The van der Waals surface area contributed by atoms with Crippen LogP contribution in [0.5, 0.6) is 17.2 Å². The molecule has 2 rings (SSSR count). The van der Waals surface area contributed by atoms with Crippen molar-refractivity contribution in [2.24, 2.45) is 4.99 Å². The maximum absolute atomic E-state index is 9.94. The van der Waals surface area contributed by atoms with Crippen LogP contribution < -0.4 is 20.1 Å². The van der Waals surface area contributed by atoms with Crippen LogP contribution >= 0.6 is 35.3 Å². The minimum atomic E-state index is -0.00889. The zero-order valence-electron chi connectivity index (χ0n) is 14.6. The summed E-state index contributed by atoms with van der Waals surface area (Å²) in [5, 5.41) is 17.4. The minimum absolute atomic E-state index is 0. The van der Waals surface area contributed by atoms with E-state index in [1.165, 1.54) is 19.1 Å². The second-order valence-corrected chi connectivity index (χ2v) is 6.31. The van der Waals surface area contributed by atoms with Crippen molar-refractivity contribution in [1.29, 1.82) is 0 Å². The molecule has 0 bridgehead atoms. The highest BCUT2D eigenvalue weighted by Gasteiger charge is 2.11. The van der Waals surface area contributed by atoms with E-state index in [0.29, 0.717) is 30.5 Å². The number of ether oxygens (including phenoxy) is 2. The van der Waals surface area contributed by atoms with Crippen LogP contribution in [0.4, 0.5) is 0 Å². The predicted octanol–water partition coefficient (Wildman–Crippen LogP) is 2.66. The Morgan fingerprint density at radius 1 is 1.20 bits per heavy atom. The van der Waals surface area contributed by atoms with E-state index in [2.05, 4.69) is 20.6 Å². The van der Waals surface area contributed by atoms with Crippen molar-refractivity contribution in [3.63, 3.8) is 0 Å². The van der Waals surface area contributed by atoms with Gasteiger partial charge in [-0.25, -0.2) is 4.98 Å². The summed E-state index contributed by atoms with van der Waals surface area (Å²) in [6.07, 6.45) is 1.85. The Labute approximate surface area is 168 Å². The highest BCUT2D eigenvalue weighted by molar-refractivity contribution is 14.0. The summed E-state index contributed by atoms with van der Waals surface area (Å²) in [6, 6.07) is 3.50. The molecule has 0 spiro atoms. The van der Waals surface area contributed by atoms with Gasteiger partial charge in [0.15, 0.2) is 17.5 Å². The van der Waals surface area contributed by atoms with Gasteiger partial charge in [0.2, 0.25) is 5.75 Å². The van der Waals surface area contributed by atoms with Crippen molar-refractivity contribution in [1.82, 2.24) is 15.6 Å². The van der Waals surface area contributed by atoms with Gasteiger partial charge in [-0.15, -0.1) is 35.3 Å². The monoisotopic (exact) mass is 478 g/mol. The van der Waals surface area contributed by atoms with Gasteiger partial charge in [0.1, 0.15) is 5.01 Å². The van der Waals surface area contributed by atoms with Crippen molar-refractivity contribution >= 4 is 41.3 Å². The van der Waals surface area contributed by atoms with Crippen LogP contribution in [0.15, 0.2) is 23.3 Å². The number of hydrogen-bond donors (Lipinski definition) is 3. The zero-order valence-corrected chi connectivity index (χ0v) is 17.8. The number of phenolic OH excluding ortho intramolecular Hbond substituents is 1. The summed E-state index contributed by atoms with van der Waals surface area (Å²) in [4.78, 5) is 9.67. The van der Waals surface area contributed by atoms with Crippen LogP contribution in [0.3, 0.4) is 0 Å². The third kappa shape index (κ3) is 5.92. The molecule has 1 heterocycles. The molecule has 0 aliphatic heterocycles. The number of benzene rings is 1. The number of aliphatic imine (C=N–C) groups is 1. The van der Waals surface area contributed by atoms with Crippen LogP contribution in [0.25, 0.3) is 0 Å². The smallest absolute Gasteiger partial charge is 0.200 e. The first kappa shape index (κ1) is 21.3. The summed E-state index contributed by atoms with van der Waals surface area (Å²) < 4.78 is 10.3. The summed E-state index contributed by atoms with van der Waals surface area (Å²) in [6.45, 7) is 3.14. The number of aromatic hydroxyl groups is 1. The molecule has 0 amide bonds. The number of thiazole rings is 1. The van der Waals surface area contributed by atoms with E-state index in [1.807, 2.05) is 13.1 Å². The lowest BCUT2D eigenvalue weighted by atomic mass is 10.2. The number of aryl methyl sites for hydroxylation is 1. The molecule has 2 aromatic rings. The van der Waals surface area contributed by atoms with Crippen LogP contribution in [-0.2, 0) is 13.1 Å². The molecule has 0 atom stereocenters. The van der Waals surface area contributed by atoms with Crippen molar-refractivity contribution in [3.8, 4) is 17.2 Å². The van der Waals surface area contributed by atoms with Crippen molar-refractivity contribution < 1.29 is 14.6 Å². The zero-order chi connectivity index (χ0) is 17.5. The third-order valence-corrected chi connectivity index (χ3v) is 4.21. The number of nitrogens with zero attached hydrogens (tertiary/aromatic N) is 2. The maximum Gasteiger partial charge on any atom is 0.200 e. The Hall–Kier alpha value is -1.75. The number of guanidine groups is 1. The van der Waals surface area contributed by atoms with Gasteiger partial charge in [-0.3, -0.25) is 4.99 Å². The number of methoxy groups -OCH3 is 2. The highest BCUT2D eigenvalue weighted by atomic mass is 127. The van der Waals surface area contributed by atoms with Gasteiger partial charge in [-0.2, -0.15) is 0 Å². The molecule has 0 unspecified atom stereocenters. The molecule has 0 aliphatic rings. The van der Waals surface area contributed by atoms with Gasteiger partial charge in [0, 0.05) is 24.7 Å². The second-order valence-electron chi connectivity index (χ2n) is 4.99. The predicted molar refractivity (Wildman–Crippen MR) is 111 cm³/mol. The average molecular weight is 478 g/mol. The lowest BCUT2D eigenvalue weighted by Crippen LogP contribution is -2.36. The van der Waals surface area contributed by atoms with Crippen LogP contribution in [0, 0.1) is 6.92 Å². The van der Waals surface area contributed by atoms with Gasteiger partial charge in [-0.05, 0) is 24.6 Å². The van der Waals surface area contributed by atoms with E-state index in [0.717, 1.165) is 10.6 Å². The van der Waals surface area contributed by atoms with E-state index in [-0.39, 0.29) is 29.7 Å². The largest absolute Gasteiger partial charge is 0.502 e. The van der Waals surface area contributed by atoms with Crippen molar-refractivity contribution in [2.75, 3.05) is 21.3 Å². The lowest BCUT2D eigenvalue weighted by Gasteiger charge is -2.14. The molecule has 0 radical (unpaired) electrons. The molecular weight excluding hydrogens is 455 g/mol. The van der Waals surface area contributed by atoms with Gasteiger partial charge in [0.05, 0.1) is 20.8 Å². The number of halogens is 1. The van der Waals surface area contributed by atoms with Crippen LogP contribution in [0.2, 0.25) is 0 Å². The van der Waals surface area contributed by atoms with E-state index < -0.39 is 0 Å². The third-order valence-electron chi connectivity index (χ3n) is 3.30. The average Bonchev–Trinajstić information content (AvgIpc) is 3.01. The number of phenols is 1. The van der Waals surface area contributed by atoms with Gasteiger partial charge < -0.3 is 25.2 Å². The number of hydrogen-bond acceptors (Lipinski definition) is 6. The summed E-state index contributed by atoms with van der Waals surface area (Å²) in [7, 11) is 4.71. The Bertz CT molecular complexity index is 696. The first-order valence-electron chi connectivity index (χ1n) is 7.37. The topological polar surface area (TPSA) is 88.0 Å². The number of nitrogens with one attached hydrogen (secondary N) is 2. The molecule has 0 saturated carbocycles.